The van der Waals surface area contributed by atoms with Crippen molar-refractivity contribution < 1.29 is 14.3 Å². The lowest BCUT2D eigenvalue weighted by molar-refractivity contribution is -0.121. The van der Waals surface area contributed by atoms with Crippen molar-refractivity contribution in [3.8, 4) is 5.75 Å². The van der Waals surface area contributed by atoms with Crippen molar-refractivity contribution in [3.05, 3.63) is 76.6 Å². The predicted molar refractivity (Wildman–Crippen MR) is 153 cm³/mol. The maximum Gasteiger partial charge on any atom is 0.273 e. The van der Waals surface area contributed by atoms with Gasteiger partial charge in [-0.05, 0) is 49.6 Å². The third kappa shape index (κ3) is 10.1. The van der Waals surface area contributed by atoms with Crippen LogP contribution in [0.25, 0.3) is 0 Å². The first-order valence-corrected chi connectivity index (χ1v) is 13.3. The van der Waals surface area contributed by atoms with Crippen LogP contribution in [0, 0.1) is 0 Å². The van der Waals surface area contributed by atoms with Gasteiger partial charge >= 0.3 is 0 Å². The third-order valence-corrected chi connectivity index (χ3v) is 6.43. The number of hydrogen-bond acceptors (Lipinski definition) is 8. The topological polar surface area (TPSA) is 157 Å². The van der Waals surface area contributed by atoms with Gasteiger partial charge in [0.2, 0.25) is 5.91 Å². The number of rotatable bonds is 15. The molecule has 7 N–H and O–H groups in total. The molecule has 3 rings (SSSR count). The van der Waals surface area contributed by atoms with Crippen LogP contribution in [0.3, 0.4) is 0 Å². The van der Waals surface area contributed by atoms with Crippen molar-refractivity contribution in [2.45, 2.75) is 44.8 Å². The fraction of sp³-hybridized carbons (Fsp3) is 0.357. The summed E-state index contributed by atoms with van der Waals surface area (Å²) in [7, 11) is 1.83. The zero-order valence-corrected chi connectivity index (χ0v) is 22.8. The van der Waals surface area contributed by atoms with E-state index in [9.17, 15) is 9.59 Å². The molecule has 0 saturated heterocycles. The molecule has 1 heterocycles. The molecule has 0 bridgehead atoms. The molecule has 0 unspecified atom stereocenters. The van der Waals surface area contributed by atoms with Crippen LogP contribution in [0.2, 0.25) is 5.15 Å². The minimum absolute atomic E-state index is 0.0233. The first kappa shape index (κ1) is 29.7. The Morgan fingerprint density at radius 1 is 0.949 bits per heavy atom. The standard InChI is InChI=1S/C28H36ClN7O3/c1-32-21(17-34-28(38)24-26(30)36-27(31)25(29)35-24)9-5-6-16-33-23(37)15-12-19-10-13-22(14-11-19)39-18-20-7-3-2-4-8-20/h2-4,7-8,10-11,13-14,21,32H,5-6,9,12,15-18H2,1H3,(H,33,37)(H,34,38)(H4,30,31,36)/t21-/m0/s1. The highest BCUT2D eigenvalue weighted by Gasteiger charge is 2.17. The number of anilines is 2. The molecule has 1 aromatic heterocycles. The lowest BCUT2D eigenvalue weighted by Gasteiger charge is -2.17. The summed E-state index contributed by atoms with van der Waals surface area (Å²) in [6.45, 7) is 1.50. The highest BCUT2D eigenvalue weighted by atomic mass is 35.5. The minimum Gasteiger partial charge on any atom is -0.489 e. The fourth-order valence-electron chi connectivity index (χ4n) is 3.84. The van der Waals surface area contributed by atoms with E-state index in [2.05, 4.69) is 25.9 Å². The van der Waals surface area contributed by atoms with Crippen LogP contribution in [-0.4, -0.2) is 48.0 Å². The van der Waals surface area contributed by atoms with Gasteiger partial charge in [-0.1, -0.05) is 60.5 Å². The van der Waals surface area contributed by atoms with Gasteiger partial charge in [0.15, 0.2) is 22.5 Å². The van der Waals surface area contributed by atoms with E-state index in [1.165, 1.54) is 0 Å². The van der Waals surface area contributed by atoms with Gasteiger partial charge in [-0.3, -0.25) is 9.59 Å². The van der Waals surface area contributed by atoms with Gasteiger partial charge in [0.25, 0.3) is 5.91 Å². The Morgan fingerprint density at radius 2 is 1.69 bits per heavy atom. The molecule has 208 valence electrons. The van der Waals surface area contributed by atoms with Crippen molar-refractivity contribution in [3.63, 3.8) is 0 Å². The predicted octanol–water partition coefficient (Wildman–Crippen LogP) is 3.11. The Bertz CT molecular complexity index is 1210. The molecule has 10 nitrogen and oxygen atoms in total. The van der Waals surface area contributed by atoms with Gasteiger partial charge in [0, 0.05) is 25.6 Å². The first-order chi connectivity index (χ1) is 18.9. The Morgan fingerprint density at radius 3 is 2.41 bits per heavy atom. The van der Waals surface area contributed by atoms with E-state index in [0.29, 0.717) is 32.5 Å². The largest absolute Gasteiger partial charge is 0.489 e. The summed E-state index contributed by atoms with van der Waals surface area (Å²) >= 11 is 5.84. The van der Waals surface area contributed by atoms with Crippen molar-refractivity contribution >= 4 is 35.1 Å². The summed E-state index contributed by atoms with van der Waals surface area (Å²) in [5.41, 5.74) is 13.4. The van der Waals surface area contributed by atoms with Gasteiger partial charge in [0.1, 0.15) is 12.4 Å². The van der Waals surface area contributed by atoms with Crippen molar-refractivity contribution in [2.24, 2.45) is 0 Å². The van der Waals surface area contributed by atoms with Gasteiger partial charge in [0.05, 0.1) is 0 Å². The molecule has 0 saturated carbocycles. The number of nitrogens with two attached hydrogens (primary N) is 2. The Labute approximate surface area is 233 Å². The number of amides is 2. The molecule has 0 spiro atoms. The highest BCUT2D eigenvalue weighted by molar-refractivity contribution is 6.31. The Kier molecular flexibility index (Phi) is 11.8. The number of halogens is 1. The molecule has 3 aromatic rings. The molecule has 2 amide bonds. The van der Waals surface area contributed by atoms with E-state index in [0.717, 1.165) is 36.1 Å². The second kappa shape index (κ2) is 15.5. The summed E-state index contributed by atoms with van der Waals surface area (Å²) in [6, 6.07) is 17.9. The number of hydrogen-bond donors (Lipinski definition) is 5. The molecule has 0 aliphatic heterocycles. The average Bonchev–Trinajstić information content (AvgIpc) is 2.95. The van der Waals surface area contributed by atoms with Gasteiger partial charge < -0.3 is 32.2 Å². The fourth-order valence-corrected chi connectivity index (χ4v) is 3.97. The van der Waals surface area contributed by atoms with Crippen molar-refractivity contribution in [1.82, 2.24) is 25.9 Å². The molecule has 0 fully saturated rings. The third-order valence-electron chi connectivity index (χ3n) is 6.15. The molecule has 11 heteroatoms. The summed E-state index contributed by atoms with van der Waals surface area (Å²) in [6.07, 6.45) is 3.62. The molecule has 1 atom stereocenters. The Hall–Kier alpha value is -3.89. The zero-order valence-electron chi connectivity index (χ0n) is 22.1. The Balaban J connectivity index is 1.27. The molecule has 0 radical (unpaired) electrons. The van der Waals surface area contributed by atoms with Crippen LogP contribution >= 0.6 is 11.6 Å². The lowest BCUT2D eigenvalue weighted by atomic mass is 10.1. The van der Waals surface area contributed by atoms with E-state index < -0.39 is 5.91 Å². The summed E-state index contributed by atoms with van der Waals surface area (Å²) in [4.78, 5) is 32.4. The number of ether oxygens (including phenoxy) is 1. The molecular weight excluding hydrogens is 518 g/mol. The van der Waals surface area contributed by atoms with Gasteiger partial charge in [-0.15, -0.1) is 0 Å². The van der Waals surface area contributed by atoms with E-state index in [1.807, 2.05) is 61.6 Å². The maximum atomic E-state index is 12.4. The second-order valence-electron chi connectivity index (χ2n) is 9.09. The number of carbonyl (C=O) groups excluding carboxylic acids is 2. The first-order valence-electron chi connectivity index (χ1n) is 12.9. The number of carbonyl (C=O) groups is 2. The van der Waals surface area contributed by atoms with E-state index in [-0.39, 0.29) is 34.4 Å². The molecule has 0 aliphatic rings. The van der Waals surface area contributed by atoms with E-state index in [4.69, 9.17) is 27.8 Å². The SMILES string of the molecule is CN[C@@H](CCCCNC(=O)CCc1ccc(OCc2ccccc2)cc1)CNC(=O)c1nc(Cl)c(N)nc1N. The van der Waals surface area contributed by atoms with Crippen LogP contribution in [0.1, 0.15) is 47.3 Å². The monoisotopic (exact) mass is 553 g/mol. The van der Waals surface area contributed by atoms with E-state index in [1.54, 1.807) is 0 Å². The number of benzene rings is 2. The number of likely N-dealkylation sites (N-methyl/N-ethyl adjacent to an activating group) is 1. The number of unbranched alkanes of at least 4 members (excludes halogenated alkanes) is 1. The van der Waals surface area contributed by atoms with Crippen molar-refractivity contribution in [2.75, 3.05) is 31.6 Å². The summed E-state index contributed by atoms with van der Waals surface area (Å²) in [5, 5.41) is 8.87. The normalized spacial score (nSPS) is 11.5. The van der Waals surface area contributed by atoms with Crippen LogP contribution in [0.15, 0.2) is 54.6 Å². The van der Waals surface area contributed by atoms with Crippen LogP contribution in [-0.2, 0) is 17.8 Å². The average molecular weight is 554 g/mol. The minimum atomic E-state index is -0.469. The highest BCUT2D eigenvalue weighted by Crippen LogP contribution is 2.17. The van der Waals surface area contributed by atoms with Crippen molar-refractivity contribution in [1.29, 1.82) is 0 Å². The number of aromatic nitrogens is 2. The lowest BCUT2D eigenvalue weighted by Crippen LogP contribution is -2.40. The van der Waals surface area contributed by atoms with E-state index >= 15 is 0 Å². The number of aryl methyl sites for hydroxylation is 1. The second-order valence-corrected chi connectivity index (χ2v) is 9.45. The zero-order chi connectivity index (χ0) is 28.0. The van der Waals surface area contributed by atoms with Gasteiger partial charge in [-0.25, -0.2) is 9.97 Å². The molecule has 2 aromatic carbocycles. The van der Waals surface area contributed by atoms with Gasteiger partial charge in [-0.2, -0.15) is 0 Å². The molecular formula is C28H36ClN7O3. The molecule has 0 aliphatic carbocycles. The molecule has 39 heavy (non-hydrogen) atoms. The van der Waals surface area contributed by atoms with Crippen LogP contribution in [0.4, 0.5) is 11.6 Å². The quantitative estimate of drug-likeness (QED) is 0.180. The number of nitrogens with one attached hydrogen (secondary N) is 3. The summed E-state index contributed by atoms with van der Waals surface area (Å²) in [5.74, 6) is 0.265. The van der Waals surface area contributed by atoms with Crippen LogP contribution < -0.4 is 32.2 Å². The number of nitrogens with zero attached hydrogens (tertiary/aromatic N) is 2. The summed E-state index contributed by atoms with van der Waals surface area (Å²) < 4.78 is 5.81. The smallest absolute Gasteiger partial charge is 0.273 e. The van der Waals surface area contributed by atoms with Crippen LogP contribution in [0.5, 0.6) is 5.75 Å². The number of nitrogen functional groups attached to an aromatic ring is 2. The maximum absolute atomic E-state index is 12.4.